The molecule has 0 aliphatic carbocycles. The smallest absolute Gasteiger partial charge is 0.128 e. The summed E-state index contributed by atoms with van der Waals surface area (Å²) in [5.74, 6) is -0.306. The fraction of sp³-hybridized carbons (Fsp3) is 0.200. The molecule has 100 valence electrons. The van der Waals surface area contributed by atoms with E-state index in [9.17, 15) is 4.39 Å². The second kappa shape index (κ2) is 6.04. The van der Waals surface area contributed by atoms with Gasteiger partial charge in [-0.05, 0) is 42.8 Å². The molecular formula is C15H16ClFN2. The molecule has 0 spiro atoms. The summed E-state index contributed by atoms with van der Waals surface area (Å²) < 4.78 is 13.8. The molecule has 2 rings (SSSR count). The largest absolute Gasteiger partial charge is 0.377 e. The van der Waals surface area contributed by atoms with E-state index in [1.54, 1.807) is 6.07 Å². The van der Waals surface area contributed by atoms with Gasteiger partial charge in [0.2, 0.25) is 0 Å². The second-order valence-corrected chi connectivity index (χ2v) is 4.90. The number of nitrogens with two attached hydrogens (primary N) is 1. The van der Waals surface area contributed by atoms with Gasteiger partial charge in [-0.3, -0.25) is 0 Å². The van der Waals surface area contributed by atoms with Crippen molar-refractivity contribution in [2.45, 2.75) is 13.0 Å². The summed E-state index contributed by atoms with van der Waals surface area (Å²) in [6.45, 7) is 2.29. The van der Waals surface area contributed by atoms with Gasteiger partial charge in [0.05, 0.1) is 6.04 Å². The van der Waals surface area contributed by atoms with E-state index in [0.29, 0.717) is 10.6 Å². The number of halogens is 2. The molecule has 0 amide bonds. The Morgan fingerprint density at radius 3 is 2.74 bits per heavy atom. The fourth-order valence-corrected chi connectivity index (χ4v) is 2.16. The minimum Gasteiger partial charge on any atom is -0.377 e. The second-order valence-electron chi connectivity index (χ2n) is 4.47. The normalized spacial score (nSPS) is 12.2. The van der Waals surface area contributed by atoms with Crippen LogP contribution in [0.15, 0.2) is 42.5 Å². The number of hydrogen-bond donors (Lipinski definition) is 2. The molecule has 0 fully saturated rings. The third-order valence-electron chi connectivity index (χ3n) is 2.93. The van der Waals surface area contributed by atoms with E-state index in [-0.39, 0.29) is 18.4 Å². The fourth-order valence-electron chi connectivity index (χ4n) is 1.98. The minimum absolute atomic E-state index is 0.283. The first-order valence-electron chi connectivity index (χ1n) is 6.08. The van der Waals surface area contributed by atoms with Crippen LogP contribution in [0.4, 0.5) is 10.1 Å². The molecule has 1 atom stereocenters. The number of rotatable bonds is 4. The van der Waals surface area contributed by atoms with Gasteiger partial charge in [0.15, 0.2) is 0 Å². The lowest BCUT2D eigenvalue weighted by molar-refractivity contribution is 0.593. The highest BCUT2D eigenvalue weighted by atomic mass is 35.5. The van der Waals surface area contributed by atoms with Crippen molar-refractivity contribution in [1.29, 1.82) is 0 Å². The summed E-state index contributed by atoms with van der Waals surface area (Å²) in [5, 5.41) is 3.73. The average molecular weight is 279 g/mol. The number of benzene rings is 2. The van der Waals surface area contributed by atoms with Gasteiger partial charge >= 0.3 is 0 Å². The van der Waals surface area contributed by atoms with Crippen LogP contribution in [0.5, 0.6) is 0 Å². The van der Waals surface area contributed by atoms with Crippen LogP contribution in [-0.4, -0.2) is 6.54 Å². The summed E-state index contributed by atoms with van der Waals surface area (Å²) in [6.07, 6.45) is 0. The van der Waals surface area contributed by atoms with E-state index in [1.165, 1.54) is 12.1 Å². The van der Waals surface area contributed by atoms with Gasteiger partial charge in [0, 0.05) is 22.8 Å². The Kier molecular flexibility index (Phi) is 4.40. The molecule has 0 radical (unpaired) electrons. The maximum atomic E-state index is 13.8. The molecule has 2 nitrogen and oxygen atoms in total. The average Bonchev–Trinajstić information content (AvgIpc) is 2.39. The molecule has 0 saturated carbocycles. The van der Waals surface area contributed by atoms with Crippen molar-refractivity contribution < 1.29 is 4.39 Å². The minimum atomic E-state index is -0.306. The van der Waals surface area contributed by atoms with Crippen LogP contribution in [0.1, 0.15) is 17.2 Å². The summed E-state index contributed by atoms with van der Waals surface area (Å²) in [7, 11) is 0. The lowest BCUT2D eigenvalue weighted by Crippen LogP contribution is -2.21. The zero-order chi connectivity index (χ0) is 13.8. The van der Waals surface area contributed by atoms with Crippen molar-refractivity contribution in [3.05, 3.63) is 64.4 Å². The number of aryl methyl sites for hydroxylation is 1. The van der Waals surface area contributed by atoms with Crippen LogP contribution in [0, 0.1) is 12.7 Å². The Morgan fingerprint density at radius 2 is 2.05 bits per heavy atom. The number of nitrogens with one attached hydrogen (secondary N) is 1. The molecular weight excluding hydrogens is 263 g/mol. The highest BCUT2D eigenvalue weighted by Gasteiger charge is 2.14. The van der Waals surface area contributed by atoms with Gasteiger partial charge in [0.25, 0.3) is 0 Å². The Hall–Kier alpha value is -1.58. The molecule has 0 aliphatic heterocycles. The van der Waals surface area contributed by atoms with Crippen LogP contribution < -0.4 is 11.1 Å². The molecule has 0 saturated heterocycles. The Morgan fingerprint density at radius 1 is 1.26 bits per heavy atom. The van der Waals surface area contributed by atoms with E-state index in [0.717, 1.165) is 11.3 Å². The maximum absolute atomic E-state index is 13.8. The van der Waals surface area contributed by atoms with Crippen molar-refractivity contribution in [1.82, 2.24) is 0 Å². The summed E-state index contributed by atoms with van der Waals surface area (Å²) in [5.41, 5.74) is 8.26. The van der Waals surface area contributed by atoms with Gasteiger partial charge < -0.3 is 11.1 Å². The van der Waals surface area contributed by atoms with Gasteiger partial charge in [-0.25, -0.2) is 4.39 Å². The van der Waals surface area contributed by atoms with E-state index in [2.05, 4.69) is 5.32 Å². The first-order chi connectivity index (χ1) is 9.10. The van der Waals surface area contributed by atoms with Gasteiger partial charge in [-0.2, -0.15) is 0 Å². The Bertz CT molecular complexity index is 572. The summed E-state index contributed by atoms with van der Waals surface area (Å²) >= 11 is 5.91. The summed E-state index contributed by atoms with van der Waals surface area (Å²) in [6, 6.07) is 12.1. The molecule has 19 heavy (non-hydrogen) atoms. The molecule has 3 N–H and O–H groups in total. The zero-order valence-corrected chi connectivity index (χ0v) is 11.4. The van der Waals surface area contributed by atoms with E-state index in [1.807, 2.05) is 31.2 Å². The van der Waals surface area contributed by atoms with Crippen LogP contribution in [0.3, 0.4) is 0 Å². The van der Waals surface area contributed by atoms with Crippen molar-refractivity contribution >= 4 is 17.3 Å². The van der Waals surface area contributed by atoms with Crippen molar-refractivity contribution in [2.75, 3.05) is 11.9 Å². The van der Waals surface area contributed by atoms with Gasteiger partial charge in [-0.15, -0.1) is 0 Å². The monoisotopic (exact) mass is 278 g/mol. The standard InChI is InChI=1S/C15H16ClFN2/c1-10-3-2-4-12(7-10)19-15(9-18)13-8-11(16)5-6-14(13)17/h2-8,15,19H,9,18H2,1H3. The molecule has 0 aliphatic rings. The molecule has 2 aromatic rings. The topological polar surface area (TPSA) is 38.0 Å². The first-order valence-corrected chi connectivity index (χ1v) is 6.46. The third-order valence-corrected chi connectivity index (χ3v) is 3.16. The quantitative estimate of drug-likeness (QED) is 0.890. The van der Waals surface area contributed by atoms with Crippen LogP contribution in [0.2, 0.25) is 5.02 Å². The van der Waals surface area contributed by atoms with E-state index < -0.39 is 0 Å². The lowest BCUT2D eigenvalue weighted by atomic mass is 10.1. The first kappa shape index (κ1) is 13.8. The predicted molar refractivity (Wildman–Crippen MR) is 78.0 cm³/mol. The predicted octanol–water partition coefficient (Wildman–Crippen LogP) is 3.90. The van der Waals surface area contributed by atoms with E-state index >= 15 is 0 Å². The van der Waals surface area contributed by atoms with Crippen LogP contribution >= 0.6 is 11.6 Å². The van der Waals surface area contributed by atoms with Gasteiger partial charge in [-0.1, -0.05) is 23.7 Å². The van der Waals surface area contributed by atoms with Crippen LogP contribution in [0.25, 0.3) is 0 Å². The van der Waals surface area contributed by atoms with E-state index in [4.69, 9.17) is 17.3 Å². The number of hydrogen-bond acceptors (Lipinski definition) is 2. The summed E-state index contributed by atoms with van der Waals surface area (Å²) in [4.78, 5) is 0. The molecule has 1 unspecified atom stereocenters. The zero-order valence-electron chi connectivity index (χ0n) is 10.7. The Balaban J connectivity index is 2.27. The molecule has 0 bridgehead atoms. The third kappa shape index (κ3) is 3.46. The van der Waals surface area contributed by atoms with Crippen molar-refractivity contribution in [3.8, 4) is 0 Å². The highest BCUT2D eigenvalue weighted by Crippen LogP contribution is 2.24. The molecule has 0 heterocycles. The van der Waals surface area contributed by atoms with Crippen molar-refractivity contribution in [2.24, 2.45) is 5.73 Å². The SMILES string of the molecule is Cc1cccc(NC(CN)c2cc(Cl)ccc2F)c1. The van der Waals surface area contributed by atoms with Crippen LogP contribution in [-0.2, 0) is 0 Å². The molecule has 0 aromatic heterocycles. The van der Waals surface area contributed by atoms with Crippen molar-refractivity contribution in [3.63, 3.8) is 0 Å². The number of anilines is 1. The maximum Gasteiger partial charge on any atom is 0.128 e. The van der Waals surface area contributed by atoms with Gasteiger partial charge in [0.1, 0.15) is 5.82 Å². The highest BCUT2D eigenvalue weighted by molar-refractivity contribution is 6.30. The lowest BCUT2D eigenvalue weighted by Gasteiger charge is -2.19. The Labute approximate surface area is 117 Å². The molecule has 2 aromatic carbocycles. The molecule has 4 heteroatoms.